The smallest absolute Gasteiger partial charge is 0.193 e. The summed E-state index contributed by atoms with van der Waals surface area (Å²) >= 11 is 1.61. The highest BCUT2D eigenvalue weighted by Gasteiger charge is 2.04. The largest absolute Gasteiger partial charge is 0.487 e. The molecule has 2 aromatic heterocycles. The van der Waals surface area contributed by atoms with E-state index in [1.807, 2.05) is 46.4 Å². The van der Waals surface area contributed by atoms with E-state index in [9.17, 15) is 5.11 Å². The van der Waals surface area contributed by atoms with E-state index in [1.54, 1.807) is 18.3 Å². The van der Waals surface area contributed by atoms with Gasteiger partial charge in [-0.1, -0.05) is 12.1 Å². The average molecular weight is 288 g/mol. The molecule has 0 saturated heterocycles. The van der Waals surface area contributed by atoms with Crippen LogP contribution in [0.3, 0.4) is 0 Å². The molecule has 1 aromatic carbocycles. The van der Waals surface area contributed by atoms with Gasteiger partial charge in [0, 0.05) is 17.8 Å². The van der Waals surface area contributed by atoms with Crippen molar-refractivity contribution in [3.05, 3.63) is 53.3 Å². The maximum absolute atomic E-state index is 9.34. The lowest BCUT2D eigenvalue weighted by atomic mass is 10.1. The number of thiazole rings is 1. The third-order valence-electron chi connectivity index (χ3n) is 2.98. The molecule has 1 N–H and O–H groups in total. The van der Waals surface area contributed by atoms with E-state index < -0.39 is 0 Å². The molecule has 0 saturated carbocycles. The van der Waals surface area contributed by atoms with E-state index >= 15 is 0 Å². The van der Waals surface area contributed by atoms with Gasteiger partial charge in [-0.15, -0.1) is 11.3 Å². The summed E-state index contributed by atoms with van der Waals surface area (Å²) in [6, 6.07) is 7.81. The molecule has 0 fully saturated rings. The van der Waals surface area contributed by atoms with E-state index in [2.05, 4.69) is 4.98 Å². The number of hydrogen-bond acceptors (Lipinski definition) is 4. The summed E-state index contributed by atoms with van der Waals surface area (Å²) < 4.78 is 7.71. The zero-order chi connectivity index (χ0) is 13.9. The first-order valence-electron chi connectivity index (χ1n) is 6.51. The predicted octanol–water partition coefficient (Wildman–Crippen LogP) is 2.90. The van der Waals surface area contributed by atoms with E-state index in [0.717, 1.165) is 22.0 Å². The predicted molar refractivity (Wildman–Crippen MR) is 79.2 cm³/mol. The molecule has 2 heterocycles. The van der Waals surface area contributed by atoms with E-state index in [4.69, 9.17) is 4.74 Å². The van der Waals surface area contributed by atoms with Crippen LogP contribution in [-0.2, 0) is 13.0 Å². The topological polar surface area (TPSA) is 46.8 Å². The third kappa shape index (κ3) is 3.00. The Balaban J connectivity index is 1.61. The molecule has 104 valence electrons. The van der Waals surface area contributed by atoms with E-state index in [1.165, 1.54) is 0 Å². The quantitative estimate of drug-likeness (QED) is 0.785. The lowest BCUT2D eigenvalue weighted by molar-refractivity contribution is 0.195. The number of benzene rings is 1. The zero-order valence-electron chi connectivity index (χ0n) is 11.2. The standard InChI is InChI=1S/C15H16N2O2S/c1-11(18)8-12-2-4-14(5-3-12)19-10-13-9-17-6-7-20-15(17)16-13/h2-7,9,11,18H,8,10H2,1H3. The normalized spacial score (nSPS) is 12.7. The van der Waals surface area contributed by atoms with Gasteiger partial charge in [-0.25, -0.2) is 4.98 Å². The SMILES string of the molecule is CC(O)Cc1ccc(OCc2cn3ccsc3n2)cc1. The van der Waals surface area contributed by atoms with Gasteiger partial charge < -0.3 is 9.84 Å². The van der Waals surface area contributed by atoms with Gasteiger partial charge in [-0.05, 0) is 31.0 Å². The molecule has 20 heavy (non-hydrogen) atoms. The summed E-state index contributed by atoms with van der Waals surface area (Å²) in [5, 5.41) is 11.3. The Morgan fingerprint density at radius 2 is 2.15 bits per heavy atom. The van der Waals surface area contributed by atoms with Crippen molar-refractivity contribution in [3.63, 3.8) is 0 Å². The molecular formula is C15H16N2O2S. The minimum absolute atomic E-state index is 0.319. The summed E-state index contributed by atoms with van der Waals surface area (Å²) in [7, 11) is 0. The average Bonchev–Trinajstić information content (AvgIpc) is 2.98. The van der Waals surface area contributed by atoms with Crippen LogP contribution in [-0.4, -0.2) is 20.6 Å². The number of aromatic nitrogens is 2. The molecule has 4 nitrogen and oxygen atoms in total. The summed E-state index contributed by atoms with van der Waals surface area (Å²) in [5.74, 6) is 0.815. The highest BCUT2D eigenvalue weighted by Crippen LogP contribution is 2.16. The fraction of sp³-hybridized carbons (Fsp3) is 0.267. The van der Waals surface area contributed by atoms with Crippen LogP contribution in [0.5, 0.6) is 5.75 Å². The van der Waals surface area contributed by atoms with E-state index in [0.29, 0.717) is 13.0 Å². The molecule has 3 aromatic rings. The van der Waals surface area contributed by atoms with Crippen LogP contribution in [0.2, 0.25) is 0 Å². The van der Waals surface area contributed by atoms with Gasteiger partial charge in [-0.3, -0.25) is 4.40 Å². The lowest BCUT2D eigenvalue weighted by Gasteiger charge is -2.07. The van der Waals surface area contributed by atoms with Crippen LogP contribution in [0.4, 0.5) is 0 Å². The first-order valence-corrected chi connectivity index (χ1v) is 7.39. The number of aliphatic hydroxyl groups is 1. The van der Waals surface area contributed by atoms with E-state index in [-0.39, 0.29) is 6.10 Å². The number of aliphatic hydroxyl groups excluding tert-OH is 1. The first kappa shape index (κ1) is 13.1. The number of ether oxygens (including phenoxy) is 1. The maximum atomic E-state index is 9.34. The molecule has 0 aliphatic rings. The molecule has 0 aliphatic heterocycles. The van der Waals surface area contributed by atoms with Gasteiger partial charge in [0.15, 0.2) is 4.96 Å². The van der Waals surface area contributed by atoms with Crippen LogP contribution in [0, 0.1) is 0 Å². The monoisotopic (exact) mass is 288 g/mol. The minimum atomic E-state index is -0.319. The summed E-state index contributed by atoms with van der Waals surface area (Å²) in [6.45, 7) is 2.25. The number of imidazole rings is 1. The van der Waals surface area contributed by atoms with Gasteiger partial charge in [0.2, 0.25) is 0 Å². The van der Waals surface area contributed by atoms with Crippen molar-refractivity contribution < 1.29 is 9.84 Å². The Kier molecular flexibility index (Phi) is 3.71. The fourth-order valence-corrected chi connectivity index (χ4v) is 2.78. The van der Waals surface area contributed by atoms with Gasteiger partial charge in [0.05, 0.1) is 11.8 Å². The third-order valence-corrected chi connectivity index (χ3v) is 3.76. The Morgan fingerprint density at radius 3 is 2.85 bits per heavy atom. The van der Waals surface area contributed by atoms with Crippen molar-refractivity contribution in [2.75, 3.05) is 0 Å². The molecule has 0 amide bonds. The Labute approximate surface area is 121 Å². The number of fused-ring (bicyclic) bond motifs is 1. The van der Waals surface area contributed by atoms with Crippen LogP contribution < -0.4 is 4.74 Å². The highest BCUT2D eigenvalue weighted by atomic mass is 32.1. The second-order valence-electron chi connectivity index (χ2n) is 4.81. The Bertz CT molecular complexity index is 657. The molecule has 1 atom stereocenters. The van der Waals surface area contributed by atoms with Crippen LogP contribution in [0.1, 0.15) is 18.2 Å². The minimum Gasteiger partial charge on any atom is -0.487 e. The van der Waals surface area contributed by atoms with Crippen molar-refractivity contribution >= 4 is 16.3 Å². The van der Waals surface area contributed by atoms with Gasteiger partial charge >= 0.3 is 0 Å². The van der Waals surface area contributed by atoms with Crippen molar-refractivity contribution in [3.8, 4) is 5.75 Å². The molecule has 1 unspecified atom stereocenters. The second kappa shape index (κ2) is 5.64. The Morgan fingerprint density at radius 1 is 1.35 bits per heavy atom. The summed E-state index contributed by atoms with van der Waals surface area (Å²) in [5.41, 5.74) is 2.03. The fourth-order valence-electron chi connectivity index (χ4n) is 2.07. The van der Waals surface area contributed by atoms with Gasteiger partial charge in [0.25, 0.3) is 0 Å². The van der Waals surface area contributed by atoms with Gasteiger partial charge in [-0.2, -0.15) is 0 Å². The second-order valence-corrected chi connectivity index (χ2v) is 5.68. The molecule has 0 spiro atoms. The molecule has 0 aliphatic carbocycles. The van der Waals surface area contributed by atoms with Gasteiger partial charge in [0.1, 0.15) is 12.4 Å². The van der Waals surface area contributed by atoms with Crippen LogP contribution in [0.15, 0.2) is 42.0 Å². The molecule has 0 radical (unpaired) electrons. The highest BCUT2D eigenvalue weighted by molar-refractivity contribution is 7.15. The van der Waals surface area contributed by atoms with Crippen LogP contribution in [0.25, 0.3) is 4.96 Å². The van der Waals surface area contributed by atoms with Crippen molar-refractivity contribution in [2.45, 2.75) is 26.1 Å². The first-order chi connectivity index (χ1) is 9.70. The lowest BCUT2D eigenvalue weighted by Crippen LogP contribution is -2.04. The number of rotatable bonds is 5. The summed E-state index contributed by atoms with van der Waals surface area (Å²) in [4.78, 5) is 5.45. The molecule has 5 heteroatoms. The summed E-state index contributed by atoms with van der Waals surface area (Å²) in [6.07, 6.45) is 4.31. The van der Waals surface area contributed by atoms with Crippen LogP contribution >= 0.6 is 11.3 Å². The maximum Gasteiger partial charge on any atom is 0.193 e. The van der Waals surface area contributed by atoms with Crippen molar-refractivity contribution in [1.29, 1.82) is 0 Å². The van der Waals surface area contributed by atoms with Crippen molar-refractivity contribution in [1.82, 2.24) is 9.38 Å². The number of nitrogens with zero attached hydrogens (tertiary/aromatic N) is 2. The molecule has 3 rings (SSSR count). The zero-order valence-corrected chi connectivity index (χ0v) is 12.0. The molecule has 0 bridgehead atoms. The Hall–Kier alpha value is -1.85. The van der Waals surface area contributed by atoms with Crippen molar-refractivity contribution in [2.24, 2.45) is 0 Å². The number of hydrogen-bond donors (Lipinski definition) is 1. The molecular weight excluding hydrogens is 272 g/mol.